The first-order chi connectivity index (χ1) is 7.15. The van der Waals surface area contributed by atoms with E-state index in [-0.39, 0.29) is 6.04 Å². The molecule has 84 valence electrons. The molecule has 3 nitrogen and oxygen atoms in total. The van der Waals surface area contributed by atoms with Gasteiger partial charge in [0.15, 0.2) is 0 Å². The first-order valence-electron chi connectivity index (χ1n) is 5.25. The second kappa shape index (κ2) is 5.73. The van der Waals surface area contributed by atoms with Crippen molar-refractivity contribution < 1.29 is 4.74 Å². The largest absolute Gasteiger partial charge is 0.380 e. The summed E-state index contributed by atoms with van der Waals surface area (Å²) < 4.78 is 5.29. The quantitative estimate of drug-likeness (QED) is 0.801. The summed E-state index contributed by atoms with van der Waals surface area (Å²) in [6.45, 7) is 3.27. The van der Waals surface area contributed by atoms with Gasteiger partial charge in [-0.3, -0.25) is 0 Å². The van der Waals surface area contributed by atoms with Gasteiger partial charge < -0.3 is 15.4 Å². The van der Waals surface area contributed by atoms with Crippen molar-refractivity contribution in [3.63, 3.8) is 0 Å². The Morgan fingerprint density at radius 2 is 1.87 bits per heavy atom. The molecule has 0 aromatic heterocycles. The van der Waals surface area contributed by atoms with Gasteiger partial charge in [-0.2, -0.15) is 0 Å². The SMILES string of the molecule is CCOCC(N)c1ccc(N(C)C)cc1. The molecule has 1 aromatic carbocycles. The number of anilines is 1. The molecule has 0 bridgehead atoms. The van der Waals surface area contributed by atoms with Crippen LogP contribution in [0.2, 0.25) is 0 Å². The van der Waals surface area contributed by atoms with E-state index in [1.807, 2.05) is 21.0 Å². The molecule has 1 unspecified atom stereocenters. The lowest BCUT2D eigenvalue weighted by atomic mass is 10.1. The predicted molar refractivity (Wildman–Crippen MR) is 64.2 cm³/mol. The van der Waals surface area contributed by atoms with E-state index >= 15 is 0 Å². The van der Waals surface area contributed by atoms with E-state index in [0.717, 1.165) is 5.56 Å². The normalized spacial score (nSPS) is 12.5. The van der Waals surface area contributed by atoms with Crippen molar-refractivity contribution in [2.45, 2.75) is 13.0 Å². The van der Waals surface area contributed by atoms with Crippen LogP contribution in [0.5, 0.6) is 0 Å². The van der Waals surface area contributed by atoms with Gasteiger partial charge in [0.05, 0.1) is 12.6 Å². The number of ether oxygens (including phenoxy) is 1. The van der Waals surface area contributed by atoms with Crippen molar-refractivity contribution in [1.29, 1.82) is 0 Å². The lowest BCUT2D eigenvalue weighted by molar-refractivity contribution is 0.133. The Kier molecular flexibility index (Phi) is 4.59. The van der Waals surface area contributed by atoms with Crippen molar-refractivity contribution in [3.05, 3.63) is 29.8 Å². The van der Waals surface area contributed by atoms with Crippen molar-refractivity contribution in [1.82, 2.24) is 0 Å². The van der Waals surface area contributed by atoms with Crippen molar-refractivity contribution in [2.24, 2.45) is 5.73 Å². The minimum absolute atomic E-state index is 0.0267. The standard InChI is InChI=1S/C12H20N2O/c1-4-15-9-12(13)10-5-7-11(8-6-10)14(2)3/h5-8,12H,4,9,13H2,1-3H3. The van der Waals surface area contributed by atoms with Gasteiger partial charge in [-0.15, -0.1) is 0 Å². The highest BCUT2D eigenvalue weighted by Gasteiger charge is 2.05. The van der Waals surface area contributed by atoms with Gasteiger partial charge in [0, 0.05) is 26.4 Å². The van der Waals surface area contributed by atoms with Crippen LogP contribution >= 0.6 is 0 Å². The fraction of sp³-hybridized carbons (Fsp3) is 0.500. The third kappa shape index (κ3) is 3.53. The third-order valence-electron chi connectivity index (χ3n) is 2.34. The summed E-state index contributed by atoms with van der Waals surface area (Å²) in [5.74, 6) is 0. The minimum Gasteiger partial charge on any atom is -0.380 e. The number of hydrogen-bond donors (Lipinski definition) is 1. The Labute approximate surface area is 91.8 Å². The van der Waals surface area contributed by atoms with Crippen LogP contribution in [-0.4, -0.2) is 27.3 Å². The van der Waals surface area contributed by atoms with Crippen molar-refractivity contribution >= 4 is 5.69 Å². The zero-order valence-corrected chi connectivity index (χ0v) is 9.73. The molecule has 0 aliphatic carbocycles. The summed E-state index contributed by atoms with van der Waals surface area (Å²) in [6, 6.07) is 8.22. The van der Waals surface area contributed by atoms with Crippen LogP contribution in [0.3, 0.4) is 0 Å². The fourth-order valence-corrected chi connectivity index (χ4v) is 1.36. The highest BCUT2D eigenvalue weighted by molar-refractivity contribution is 5.46. The maximum absolute atomic E-state index is 5.97. The summed E-state index contributed by atoms with van der Waals surface area (Å²) in [5, 5.41) is 0. The molecule has 1 atom stereocenters. The van der Waals surface area contributed by atoms with Gasteiger partial charge in [-0.1, -0.05) is 12.1 Å². The molecule has 15 heavy (non-hydrogen) atoms. The molecule has 0 spiro atoms. The molecule has 2 N–H and O–H groups in total. The van der Waals surface area contributed by atoms with E-state index in [9.17, 15) is 0 Å². The van der Waals surface area contributed by atoms with Crippen LogP contribution in [0.1, 0.15) is 18.5 Å². The second-order valence-electron chi connectivity index (χ2n) is 3.75. The number of rotatable bonds is 5. The molecule has 0 saturated carbocycles. The maximum atomic E-state index is 5.97. The van der Waals surface area contributed by atoms with Crippen LogP contribution in [-0.2, 0) is 4.74 Å². The molecule has 0 radical (unpaired) electrons. The van der Waals surface area contributed by atoms with E-state index in [1.54, 1.807) is 0 Å². The average molecular weight is 208 g/mol. The summed E-state index contributed by atoms with van der Waals surface area (Å²) in [4.78, 5) is 2.07. The van der Waals surface area contributed by atoms with E-state index in [0.29, 0.717) is 13.2 Å². The Morgan fingerprint density at radius 3 is 2.33 bits per heavy atom. The number of hydrogen-bond acceptors (Lipinski definition) is 3. The molecule has 0 aliphatic rings. The van der Waals surface area contributed by atoms with E-state index in [4.69, 9.17) is 10.5 Å². The Bertz CT molecular complexity index is 282. The van der Waals surface area contributed by atoms with E-state index < -0.39 is 0 Å². The van der Waals surface area contributed by atoms with Crippen LogP contribution in [0.4, 0.5) is 5.69 Å². The van der Waals surface area contributed by atoms with Crippen molar-refractivity contribution in [2.75, 3.05) is 32.2 Å². The molecule has 0 saturated heterocycles. The van der Waals surface area contributed by atoms with Crippen LogP contribution in [0, 0.1) is 0 Å². The Balaban J connectivity index is 2.62. The van der Waals surface area contributed by atoms with Gasteiger partial charge in [0.1, 0.15) is 0 Å². The van der Waals surface area contributed by atoms with E-state index in [1.165, 1.54) is 5.69 Å². The monoisotopic (exact) mass is 208 g/mol. The van der Waals surface area contributed by atoms with Crippen LogP contribution in [0.15, 0.2) is 24.3 Å². The summed E-state index contributed by atoms with van der Waals surface area (Å²) >= 11 is 0. The third-order valence-corrected chi connectivity index (χ3v) is 2.34. The molecule has 0 aliphatic heterocycles. The van der Waals surface area contributed by atoms with E-state index in [2.05, 4.69) is 29.2 Å². The van der Waals surface area contributed by atoms with Crippen LogP contribution < -0.4 is 10.6 Å². The molecular weight excluding hydrogens is 188 g/mol. The van der Waals surface area contributed by atoms with Gasteiger partial charge in [0.2, 0.25) is 0 Å². The molecule has 0 heterocycles. The van der Waals surface area contributed by atoms with Gasteiger partial charge in [-0.05, 0) is 24.6 Å². The molecule has 1 aromatic rings. The first kappa shape index (κ1) is 12.0. The lowest BCUT2D eigenvalue weighted by Crippen LogP contribution is -2.17. The van der Waals surface area contributed by atoms with Crippen molar-refractivity contribution in [3.8, 4) is 0 Å². The predicted octanol–water partition coefficient (Wildman–Crippen LogP) is 1.79. The summed E-state index contributed by atoms with van der Waals surface area (Å²) in [5.41, 5.74) is 8.27. The van der Waals surface area contributed by atoms with Gasteiger partial charge in [0.25, 0.3) is 0 Å². The Morgan fingerprint density at radius 1 is 1.27 bits per heavy atom. The molecular formula is C12H20N2O. The lowest BCUT2D eigenvalue weighted by Gasteiger charge is -2.15. The van der Waals surface area contributed by atoms with Gasteiger partial charge >= 0.3 is 0 Å². The molecule has 3 heteroatoms. The highest BCUT2D eigenvalue weighted by atomic mass is 16.5. The minimum atomic E-state index is -0.0267. The topological polar surface area (TPSA) is 38.5 Å². The summed E-state index contributed by atoms with van der Waals surface area (Å²) in [7, 11) is 4.05. The summed E-state index contributed by atoms with van der Waals surface area (Å²) in [6.07, 6.45) is 0. The fourth-order valence-electron chi connectivity index (χ4n) is 1.36. The average Bonchev–Trinajstić information content (AvgIpc) is 2.26. The maximum Gasteiger partial charge on any atom is 0.0659 e. The zero-order valence-electron chi connectivity index (χ0n) is 9.73. The number of benzene rings is 1. The highest BCUT2D eigenvalue weighted by Crippen LogP contribution is 2.16. The molecule has 0 amide bonds. The number of nitrogens with zero attached hydrogens (tertiary/aromatic N) is 1. The number of nitrogens with two attached hydrogens (primary N) is 1. The van der Waals surface area contributed by atoms with Crippen LogP contribution in [0.25, 0.3) is 0 Å². The zero-order chi connectivity index (χ0) is 11.3. The smallest absolute Gasteiger partial charge is 0.0659 e. The second-order valence-corrected chi connectivity index (χ2v) is 3.75. The molecule has 0 fully saturated rings. The molecule has 1 rings (SSSR count). The first-order valence-corrected chi connectivity index (χ1v) is 5.25. The Hall–Kier alpha value is -1.06. The van der Waals surface area contributed by atoms with Gasteiger partial charge in [-0.25, -0.2) is 0 Å².